The first kappa shape index (κ1) is 14.4. The van der Waals surface area contributed by atoms with Crippen LogP contribution in [0.3, 0.4) is 0 Å². The van der Waals surface area contributed by atoms with Crippen molar-refractivity contribution in [1.29, 1.82) is 0 Å². The van der Waals surface area contributed by atoms with Crippen LogP contribution in [0.25, 0.3) is 0 Å². The van der Waals surface area contributed by atoms with Crippen molar-refractivity contribution in [1.82, 2.24) is 0 Å². The maximum Gasteiger partial charge on any atom is 0.273 e. The van der Waals surface area contributed by atoms with Gasteiger partial charge >= 0.3 is 0 Å². The Kier molecular flexibility index (Phi) is 4.56. The van der Waals surface area contributed by atoms with E-state index in [1.165, 1.54) is 6.07 Å². The van der Waals surface area contributed by atoms with Gasteiger partial charge in [0.25, 0.3) is 5.92 Å². The van der Waals surface area contributed by atoms with Gasteiger partial charge in [-0.15, -0.1) is 0 Å². The van der Waals surface area contributed by atoms with Gasteiger partial charge in [-0.1, -0.05) is 31.5 Å². The molecule has 0 saturated heterocycles. The standard InChI is InChI=1S/C16H22F2O/c1-2-10-16(17,18)14-5-3-4-13(11-14)12-6-8-15(19)9-7-12/h3-5,11-12,15,19H,2,6-10H2,1H3. The van der Waals surface area contributed by atoms with Gasteiger partial charge in [-0.25, -0.2) is 8.78 Å². The molecule has 0 spiro atoms. The highest BCUT2D eigenvalue weighted by molar-refractivity contribution is 5.29. The second-order valence-electron chi connectivity index (χ2n) is 5.59. The van der Waals surface area contributed by atoms with Crippen LogP contribution in [-0.4, -0.2) is 11.2 Å². The minimum atomic E-state index is -2.72. The first-order chi connectivity index (χ1) is 9.03. The number of hydrogen-bond acceptors (Lipinski definition) is 1. The van der Waals surface area contributed by atoms with Gasteiger partial charge < -0.3 is 5.11 Å². The lowest BCUT2D eigenvalue weighted by Crippen LogP contribution is -2.18. The molecule has 1 aromatic rings. The van der Waals surface area contributed by atoms with Crippen molar-refractivity contribution < 1.29 is 13.9 Å². The van der Waals surface area contributed by atoms with Gasteiger partial charge in [0.15, 0.2) is 0 Å². The summed E-state index contributed by atoms with van der Waals surface area (Å²) in [6, 6.07) is 6.86. The van der Waals surface area contributed by atoms with E-state index in [1.54, 1.807) is 19.1 Å². The number of halogens is 2. The Morgan fingerprint density at radius 2 is 1.89 bits per heavy atom. The SMILES string of the molecule is CCCC(F)(F)c1cccc(C2CCC(O)CC2)c1. The van der Waals surface area contributed by atoms with E-state index in [-0.39, 0.29) is 18.1 Å². The van der Waals surface area contributed by atoms with E-state index >= 15 is 0 Å². The second-order valence-corrected chi connectivity index (χ2v) is 5.59. The first-order valence-electron chi connectivity index (χ1n) is 7.19. The monoisotopic (exact) mass is 268 g/mol. The molecular formula is C16H22F2O. The Hall–Kier alpha value is -0.960. The number of hydrogen-bond donors (Lipinski definition) is 1. The molecule has 0 bridgehead atoms. The number of alkyl halides is 2. The summed E-state index contributed by atoms with van der Waals surface area (Å²) in [5.41, 5.74) is 1.14. The highest BCUT2D eigenvalue weighted by Gasteiger charge is 2.31. The molecule has 1 aliphatic rings. The van der Waals surface area contributed by atoms with Crippen molar-refractivity contribution in [3.8, 4) is 0 Å². The van der Waals surface area contributed by atoms with Gasteiger partial charge in [-0.05, 0) is 43.2 Å². The van der Waals surface area contributed by atoms with Crippen molar-refractivity contribution in [3.05, 3.63) is 35.4 Å². The first-order valence-corrected chi connectivity index (χ1v) is 7.19. The fourth-order valence-corrected chi connectivity index (χ4v) is 2.89. The summed E-state index contributed by atoms with van der Waals surface area (Å²) in [7, 11) is 0. The zero-order valence-corrected chi connectivity index (χ0v) is 11.4. The Balaban J connectivity index is 2.15. The van der Waals surface area contributed by atoms with Crippen LogP contribution in [0.2, 0.25) is 0 Å². The average molecular weight is 268 g/mol. The summed E-state index contributed by atoms with van der Waals surface area (Å²) in [6.07, 6.45) is 3.52. The number of aliphatic hydroxyl groups is 1. The number of benzene rings is 1. The lowest BCUT2D eigenvalue weighted by Gasteiger charge is -2.26. The molecule has 0 radical (unpaired) electrons. The molecule has 0 aromatic heterocycles. The van der Waals surface area contributed by atoms with Crippen LogP contribution in [0.5, 0.6) is 0 Å². The summed E-state index contributed by atoms with van der Waals surface area (Å²) in [5, 5.41) is 9.51. The summed E-state index contributed by atoms with van der Waals surface area (Å²) in [5.74, 6) is -2.40. The third kappa shape index (κ3) is 3.53. The summed E-state index contributed by atoms with van der Waals surface area (Å²) < 4.78 is 27.9. The van der Waals surface area contributed by atoms with E-state index in [4.69, 9.17) is 0 Å². The third-order valence-corrected chi connectivity index (χ3v) is 4.04. The van der Waals surface area contributed by atoms with E-state index < -0.39 is 5.92 Å². The number of aliphatic hydroxyl groups excluding tert-OH is 1. The molecule has 1 aromatic carbocycles. The van der Waals surface area contributed by atoms with Gasteiger partial charge in [-0.2, -0.15) is 0 Å². The Morgan fingerprint density at radius 1 is 1.21 bits per heavy atom. The van der Waals surface area contributed by atoms with Crippen molar-refractivity contribution in [2.24, 2.45) is 0 Å². The third-order valence-electron chi connectivity index (χ3n) is 4.04. The maximum absolute atomic E-state index is 13.9. The molecule has 1 fully saturated rings. The summed E-state index contributed by atoms with van der Waals surface area (Å²) >= 11 is 0. The highest BCUT2D eigenvalue weighted by Crippen LogP contribution is 2.37. The van der Waals surface area contributed by atoms with Gasteiger partial charge in [0.1, 0.15) is 0 Å². The zero-order chi connectivity index (χ0) is 13.9. The maximum atomic E-state index is 13.9. The minimum absolute atomic E-state index is 0.0974. The van der Waals surface area contributed by atoms with Crippen LogP contribution in [0, 0.1) is 0 Å². The quantitative estimate of drug-likeness (QED) is 0.846. The van der Waals surface area contributed by atoms with E-state index in [0.717, 1.165) is 31.2 Å². The van der Waals surface area contributed by atoms with E-state index in [9.17, 15) is 13.9 Å². The smallest absolute Gasteiger partial charge is 0.273 e. The van der Waals surface area contributed by atoms with Gasteiger partial charge in [0, 0.05) is 12.0 Å². The van der Waals surface area contributed by atoms with E-state index in [0.29, 0.717) is 12.3 Å². The molecule has 1 aliphatic carbocycles. The molecule has 0 aliphatic heterocycles. The van der Waals surface area contributed by atoms with Crippen LogP contribution in [-0.2, 0) is 5.92 Å². The van der Waals surface area contributed by atoms with Gasteiger partial charge in [-0.3, -0.25) is 0 Å². The largest absolute Gasteiger partial charge is 0.393 e. The van der Waals surface area contributed by atoms with Crippen LogP contribution in [0.15, 0.2) is 24.3 Å². The normalized spacial score (nSPS) is 24.4. The van der Waals surface area contributed by atoms with Crippen molar-refractivity contribution in [3.63, 3.8) is 0 Å². The van der Waals surface area contributed by atoms with Crippen molar-refractivity contribution in [2.45, 2.75) is 63.4 Å². The van der Waals surface area contributed by atoms with Crippen LogP contribution >= 0.6 is 0 Å². The summed E-state index contributed by atoms with van der Waals surface area (Å²) in [4.78, 5) is 0. The van der Waals surface area contributed by atoms with E-state index in [2.05, 4.69) is 0 Å². The van der Waals surface area contributed by atoms with Crippen molar-refractivity contribution in [2.75, 3.05) is 0 Å². The average Bonchev–Trinajstić information content (AvgIpc) is 2.40. The molecule has 2 rings (SSSR count). The predicted octanol–water partition coefficient (Wildman–Crippen LogP) is 4.60. The van der Waals surface area contributed by atoms with Gasteiger partial charge in [0.05, 0.1) is 6.10 Å². The second kappa shape index (κ2) is 6.00. The van der Waals surface area contributed by atoms with Crippen molar-refractivity contribution >= 4 is 0 Å². The molecule has 3 heteroatoms. The van der Waals surface area contributed by atoms with Crippen LogP contribution in [0.1, 0.15) is 62.5 Å². The van der Waals surface area contributed by atoms with Gasteiger partial charge in [0.2, 0.25) is 0 Å². The molecule has 19 heavy (non-hydrogen) atoms. The molecule has 106 valence electrons. The molecule has 0 amide bonds. The molecule has 0 atom stereocenters. The molecular weight excluding hydrogens is 246 g/mol. The molecule has 1 nitrogen and oxygen atoms in total. The minimum Gasteiger partial charge on any atom is -0.393 e. The Morgan fingerprint density at radius 3 is 2.53 bits per heavy atom. The van der Waals surface area contributed by atoms with Crippen LogP contribution in [0.4, 0.5) is 8.78 Å². The van der Waals surface area contributed by atoms with Crippen LogP contribution < -0.4 is 0 Å². The lowest BCUT2D eigenvalue weighted by molar-refractivity contribution is -0.0141. The number of rotatable bonds is 4. The predicted molar refractivity (Wildman–Crippen MR) is 72.5 cm³/mol. The topological polar surface area (TPSA) is 20.2 Å². The molecule has 1 saturated carbocycles. The fraction of sp³-hybridized carbons (Fsp3) is 0.625. The highest BCUT2D eigenvalue weighted by atomic mass is 19.3. The van der Waals surface area contributed by atoms with E-state index in [1.807, 2.05) is 6.07 Å². The lowest BCUT2D eigenvalue weighted by atomic mass is 9.82. The fourth-order valence-electron chi connectivity index (χ4n) is 2.89. The molecule has 1 N–H and O–H groups in total. The zero-order valence-electron chi connectivity index (χ0n) is 11.4. The summed E-state index contributed by atoms with van der Waals surface area (Å²) in [6.45, 7) is 1.78. The molecule has 0 unspecified atom stereocenters. The molecule has 0 heterocycles. The Labute approximate surface area is 113 Å². The Bertz CT molecular complexity index is 409.